The highest BCUT2D eigenvalue weighted by Gasteiger charge is 2.26. The standard InChI is InChI=1S/C15H20ClNO/c1-2-3-13-8-9-17(11-13)15(18)14-6-4-12(10-16)5-7-14/h4-7,13H,2-3,8-11H2,1H3. The largest absolute Gasteiger partial charge is 0.338 e. The van der Waals surface area contributed by atoms with Crippen LogP contribution in [0.1, 0.15) is 42.1 Å². The van der Waals surface area contributed by atoms with Gasteiger partial charge in [-0.25, -0.2) is 0 Å². The van der Waals surface area contributed by atoms with E-state index in [-0.39, 0.29) is 5.91 Å². The van der Waals surface area contributed by atoms with E-state index in [0.717, 1.165) is 30.6 Å². The lowest BCUT2D eigenvalue weighted by atomic mass is 10.0. The molecule has 0 N–H and O–H groups in total. The number of carbonyl (C=O) groups excluding carboxylic acids is 1. The van der Waals surface area contributed by atoms with Gasteiger partial charge in [-0.1, -0.05) is 25.5 Å². The molecule has 0 radical (unpaired) electrons. The van der Waals surface area contributed by atoms with Crippen molar-refractivity contribution in [3.05, 3.63) is 35.4 Å². The fourth-order valence-corrected chi connectivity index (χ4v) is 2.76. The van der Waals surface area contributed by atoms with Crippen molar-refractivity contribution in [1.29, 1.82) is 0 Å². The fourth-order valence-electron chi connectivity index (χ4n) is 2.58. The van der Waals surface area contributed by atoms with Crippen molar-refractivity contribution in [2.24, 2.45) is 5.92 Å². The highest BCUT2D eigenvalue weighted by Crippen LogP contribution is 2.22. The van der Waals surface area contributed by atoms with Crippen LogP contribution in [-0.4, -0.2) is 23.9 Å². The molecule has 0 aromatic heterocycles. The summed E-state index contributed by atoms with van der Waals surface area (Å²) < 4.78 is 0. The SMILES string of the molecule is CCCC1CCN(C(=O)c2ccc(CCl)cc2)C1. The van der Waals surface area contributed by atoms with Gasteiger partial charge in [0, 0.05) is 24.5 Å². The number of amides is 1. The quantitative estimate of drug-likeness (QED) is 0.761. The van der Waals surface area contributed by atoms with E-state index in [2.05, 4.69) is 6.92 Å². The summed E-state index contributed by atoms with van der Waals surface area (Å²) in [7, 11) is 0. The van der Waals surface area contributed by atoms with Crippen LogP contribution < -0.4 is 0 Å². The molecule has 0 bridgehead atoms. The lowest BCUT2D eigenvalue weighted by Crippen LogP contribution is -2.28. The van der Waals surface area contributed by atoms with Crippen LogP contribution in [0.25, 0.3) is 0 Å². The van der Waals surface area contributed by atoms with Crippen molar-refractivity contribution in [1.82, 2.24) is 4.90 Å². The Morgan fingerprint density at radius 2 is 2.11 bits per heavy atom. The molecule has 1 amide bonds. The van der Waals surface area contributed by atoms with Gasteiger partial charge in [0.2, 0.25) is 0 Å². The van der Waals surface area contributed by atoms with E-state index in [4.69, 9.17) is 11.6 Å². The molecule has 1 aliphatic rings. The van der Waals surface area contributed by atoms with E-state index in [1.54, 1.807) is 0 Å². The number of alkyl halides is 1. The maximum absolute atomic E-state index is 12.3. The van der Waals surface area contributed by atoms with Gasteiger partial charge in [0.1, 0.15) is 0 Å². The second kappa shape index (κ2) is 6.24. The summed E-state index contributed by atoms with van der Waals surface area (Å²) in [5.41, 5.74) is 1.83. The van der Waals surface area contributed by atoms with Crippen LogP contribution in [0, 0.1) is 5.92 Å². The zero-order chi connectivity index (χ0) is 13.0. The summed E-state index contributed by atoms with van der Waals surface area (Å²) >= 11 is 5.74. The zero-order valence-corrected chi connectivity index (χ0v) is 11.6. The predicted octanol–water partition coefficient (Wildman–Crippen LogP) is 3.69. The number of likely N-dealkylation sites (tertiary alicyclic amines) is 1. The molecule has 1 atom stereocenters. The first kappa shape index (κ1) is 13.4. The minimum absolute atomic E-state index is 0.162. The van der Waals surface area contributed by atoms with Crippen molar-refractivity contribution < 1.29 is 4.79 Å². The molecule has 1 saturated heterocycles. The van der Waals surface area contributed by atoms with Gasteiger partial charge < -0.3 is 4.90 Å². The van der Waals surface area contributed by atoms with Gasteiger partial charge in [-0.2, -0.15) is 0 Å². The Morgan fingerprint density at radius 3 is 2.72 bits per heavy atom. The van der Waals surface area contributed by atoms with E-state index < -0.39 is 0 Å². The molecule has 1 heterocycles. The van der Waals surface area contributed by atoms with Crippen LogP contribution in [0.2, 0.25) is 0 Å². The van der Waals surface area contributed by atoms with E-state index >= 15 is 0 Å². The smallest absolute Gasteiger partial charge is 0.253 e. The number of benzene rings is 1. The van der Waals surface area contributed by atoms with Crippen LogP contribution in [0.4, 0.5) is 0 Å². The van der Waals surface area contributed by atoms with Gasteiger partial charge in [-0.15, -0.1) is 11.6 Å². The predicted molar refractivity (Wildman–Crippen MR) is 74.9 cm³/mol. The summed E-state index contributed by atoms with van der Waals surface area (Å²) in [5.74, 6) is 1.35. The van der Waals surface area contributed by atoms with Gasteiger partial charge >= 0.3 is 0 Å². The summed E-state index contributed by atoms with van der Waals surface area (Å²) in [5, 5.41) is 0. The Bertz CT molecular complexity index is 401. The summed E-state index contributed by atoms with van der Waals surface area (Å²) in [4.78, 5) is 14.3. The lowest BCUT2D eigenvalue weighted by molar-refractivity contribution is 0.0786. The number of rotatable bonds is 4. The molecule has 1 aromatic rings. The fraction of sp³-hybridized carbons (Fsp3) is 0.533. The zero-order valence-electron chi connectivity index (χ0n) is 10.9. The normalized spacial score (nSPS) is 19.2. The highest BCUT2D eigenvalue weighted by atomic mass is 35.5. The Balaban J connectivity index is 1.98. The third kappa shape index (κ3) is 3.05. The summed E-state index contributed by atoms with van der Waals surface area (Å²) in [6.45, 7) is 4.03. The van der Waals surface area contributed by atoms with Crippen LogP contribution >= 0.6 is 11.6 Å². The average molecular weight is 266 g/mol. The van der Waals surface area contributed by atoms with E-state index in [1.807, 2.05) is 29.2 Å². The number of nitrogens with zero attached hydrogens (tertiary/aromatic N) is 1. The molecule has 2 rings (SSSR count). The Hall–Kier alpha value is -1.02. The summed E-state index contributed by atoms with van der Waals surface area (Å²) in [6, 6.07) is 7.63. The topological polar surface area (TPSA) is 20.3 Å². The average Bonchev–Trinajstić information content (AvgIpc) is 2.87. The highest BCUT2D eigenvalue weighted by molar-refractivity contribution is 6.17. The van der Waals surface area contributed by atoms with Crippen LogP contribution in [-0.2, 0) is 5.88 Å². The monoisotopic (exact) mass is 265 g/mol. The molecule has 3 heteroatoms. The van der Waals surface area contributed by atoms with Crippen molar-refractivity contribution >= 4 is 17.5 Å². The first-order valence-electron chi connectivity index (χ1n) is 6.68. The number of hydrogen-bond acceptors (Lipinski definition) is 1. The molecule has 18 heavy (non-hydrogen) atoms. The second-order valence-corrected chi connectivity index (χ2v) is 5.29. The molecular formula is C15H20ClNO. The first-order chi connectivity index (χ1) is 8.74. The van der Waals surface area contributed by atoms with Gasteiger partial charge in [0.15, 0.2) is 0 Å². The first-order valence-corrected chi connectivity index (χ1v) is 7.22. The third-order valence-electron chi connectivity index (χ3n) is 3.63. The molecule has 1 unspecified atom stereocenters. The summed E-state index contributed by atoms with van der Waals surface area (Å²) in [6.07, 6.45) is 3.59. The Morgan fingerprint density at radius 1 is 1.39 bits per heavy atom. The second-order valence-electron chi connectivity index (χ2n) is 5.03. The van der Waals surface area contributed by atoms with Gasteiger partial charge in [-0.3, -0.25) is 4.79 Å². The van der Waals surface area contributed by atoms with Crippen LogP contribution in [0.15, 0.2) is 24.3 Å². The number of halogens is 1. The van der Waals surface area contributed by atoms with Crippen LogP contribution in [0.5, 0.6) is 0 Å². The molecule has 0 spiro atoms. The molecule has 98 valence electrons. The van der Waals surface area contributed by atoms with Crippen molar-refractivity contribution in [2.75, 3.05) is 13.1 Å². The number of hydrogen-bond donors (Lipinski definition) is 0. The minimum atomic E-state index is 0.162. The van der Waals surface area contributed by atoms with Gasteiger partial charge in [-0.05, 0) is 36.5 Å². The molecule has 1 aliphatic heterocycles. The Kier molecular flexibility index (Phi) is 4.65. The molecule has 0 saturated carbocycles. The van der Waals surface area contributed by atoms with Gasteiger partial charge in [0.25, 0.3) is 5.91 Å². The molecular weight excluding hydrogens is 246 g/mol. The molecule has 0 aliphatic carbocycles. The maximum atomic E-state index is 12.3. The van der Waals surface area contributed by atoms with Crippen LogP contribution in [0.3, 0.4) is 0 Å². The number of carbonyl (C=O) groups is 1. The third-order valence-corrected chi connectivity index (χ3v) is 3.93. The molecule has 1 fully saturated rings. The van der Waals surface area contributed by atoms with Crippen molar-refractivity contribution in [3.63, 3.8) is 0 Å². The Labute approximate surface area is 114 Å². The maximum Gasteiger partial charge on any atom is 0.253 e. The van der Waals surface area contributed by atoms with Crippen molar-refractivity contribution in [3.8, 4) is 0 Å². The van der Waals surface area contributed by atoms with Gasteiger partial charge in [0.05, 0.1) is 0 Å². The molecule has 1 aromatic carbocycles. The van der Waals surface area contributed by atoms with E-state index in [9.17, 15) is 4.79 Å². The minimum Gasteiger partial charge on any atom is -0.338 e. The molecule has 2 nitrogen and oxygen atoms in total. The lowest BCUT2D eigenvalue weighted by Gasteiger charge is -2.16. The van der Waals surface area contributed by atoms with Crippen molar-refractivity contribution in [2.45, 2.75) is 32.1 Å². The van der Waals surface area contributed by atoms with E-state index in [0.29, 0.717) is 11.8 Å². The van der Waals surface area contributed by atoms with E-state index in [1.165, 1.54) is 12.8 Å².